The topological polar surface area (TPSA) is 55.0 Å². The Labute approximate surface area is 141 Å². The summed E-state index contributed by atoms with van der Waals surface area (Å²) in [6, 6.07) is 15.0. The predicted molar refractivity (Wildman–Crippen MR) is 97.4 cm³/mol. The Kier molecular flexibility index (Phi) is 5.26. The lowest BCUT2D eigenvalue weighted by Crippen LogP contribution is -2.09. The zero-order chi connectivity index (χ0) is 16.8. The smallest absolute Gasteiger partial charge is 0.259 e. The Morgan fingerprint density at radius 2 is 1.79 bits per heavy atom. The number of nitrogens with zero attached hydrogens (tertiary/aromatic N) is 1. The number of unbranched alkanes of at least 4 members (excludes halogenated alkanes) is 3. The first-order valence-corrected chi connectivity index (χ1v) is 8.50. The van der Waals surface area contributed by atoms with E-state index in [-0.39, 0.29) is 5.56 Å². The number of hydrogen-bond acceptors (Lipinski definition) is 3. The maximum absolute atomic E-state index is 12.1. The molecule has 124 valence electrons. The van der Waals surface area contributed by atoms with Gasteiger partial charge in [0, 0.05) is 5.56 Å². The first kappa shape index (κ1) is 16.2. The van der Waals surface area contributed by atoms with E-state index in [9.17, 15) is 4.79 Å². The van der Waals surface area contributed by atoms with Crippen LogP contribution in [0.3, 0.4) is 0 Å². The van der Waals surface area contributed by atoms with Crippen molar-refractivity contribution in [2.45, 2.75) is 32.6 Å². The summed E-state index contributed by atoms with van der Waals surface area (Å²) in [6.07, 6.45) is 4.76. The van der Waals surface area contributed by atoms with Gasteiger partial charge in [-0.2, -0.15) is 0 Å². The van der Waals surface area contributed by atoms with Crippen LogP contribution in [0.25, 0.3) is 22.3 Å². The third-order valence-electron chi connectivity index (χ3n) is 4.01. The molecule has 0 fully saturated rings. The molecule has 0 aliphatic heterocycles. The normalized spacial score (nSPS) is 10.9. The highest BCUT2D eigenvalue weighted by Gasteiger charge is 2.05. The minimum atomic E-state index is -0.119. The summed E-state index contributed by atoms with van der Waals surface area (Å²) in [5.41, 5.74) is 1.45. The molecular weight excluding hydrogens is 300 g/mol. The Morgan fingerprint density at radius 3 is 2.58 bits per heavy atom. The minimum absolute atomic E-state index is 0.119. The maximum Gasteiger partial charge on any atom is 0.259 e. The molecule has 0 unspecified atom stereocenters. The molecule has 1 N–H and O–H groups in total. The molecule has 3 aromatic rings. The van der Waals surface area contributed by atoms with E-state index in [1.165, 1.54) is 19.3 Å². The third kappa shape index (κ3) is 3.82. The number of aromatic amines is 1. The van der Waals surface area contributed by atoms with Gasteiger partial charge in [-0.15, -0.1) is 0 Å². The van der Waals surface area contributed by atoms with Gasteiger partial charge in [0.1, 0.15) is 11.6 Å². The second-order valence-corrected chi connectivity index (χ2v) is 5.87. The van der Waals surface area contributed by atoms with E-state index in [0.717, 1.165) is 24.3 Å². The molecule has 4 nitrogen and oxygen atoms in total. The SMILES string of the molecule is CCCCCCOc1ccc(-c2nc3ccccc3c(=O)[nH]2)cc1. The van der Waals surface area contributed by atoms with Gasteiger partial charge in [0.2, 0.25) is 0 Å². The number of rotatable bonds is 7. The summed E-state index contributed by atoms with van der Waals surface area (Å²) in [5, 5.41) is 0.605. The van der Waals surface area contributed by atoms with Crippen molar-refractivity contribution < 1.29 is 4.74 Å². The summed E-state index contributed by atoms with van der Waals surface area (Å²) < 4.78 is 5.75. The van der Waals surface area contributed by atoms with Gasteiger partial charge in [-0.1, -0.05) is 38.3 Å². The number of fused-ring (bicyclic) bond motifs is 1. The lowest BCUT2D eigenvalue weighted by molar-refractivity contribution is 0.305. The van der Waals surface area contributed by atoms with Gasteiger partial charge in [0.15, 0.2) is 0 Å². The first-order chi connectivity index (χ1) is 11.8. The number of nitrogens with one attached hydrogen (secondary N) is 1. The highest BCUT2D eigenvalue weighted by atomic mass is 16.5. The van der Waals surface area contributed by atoms with Crippen molar-refractivity contribution in [3.05, 3.63) is 58.9 Å². The zero-order valence-electron chi connectivity index (χ0n) is 13.9. The number of aromatic nitrogens is 2. The monoisotopic (exact) mass is 322 g/mol. The standard InChI is InChI=1S/C20H22N2O2/c1-2-3-4-7-14-24-16-12-10-15(11-13-16)19-21-18-9-6-5-8-17(18)20(23)22-19/h5-6,8-13H,2-4,7,14H2,1H3,(H,21,22,23). The van der Waals surface area contributed by atoms with E-state index >= 15 is 0 Å². The summed E-state index contributed by atoms with van der Waals surface area (Å²) in [5.74, 6) is 1.42. The van der Waals surface area contributed by atoms with Crippen LogP contribution in [-0.2, 0) is 0 Å². The molecule has 2 aromatic carbocycles. The number of benzene rings is 2. The number of para-hydroxylation sites is 1. The van der Waals surface area contributed by atoms with Crippen LogP contribution in [0.4, 0.5) is 0 Å². The van der Waals surface area contributed by atoms with Crippen molar-refractivity contribution in [2.75, 3.05) is 6.61 Å². The summed E-state index contributed by atoms with van der Waals surface area (Å²) in [6.45, 7) is 2.94. The van der Waals surface area contributed by atoms with Gasteiger partial charge in [0.05, 0.1) is 17.5 Å². The van der Waals surface area contributed by atoms with Crippen molar-refractivity contribution in [2.24, 2.45) is 0 Å². The highest BCUT2D eigenvalue weighted by Crippen LogP contribution is 2.20. The minimum Gasteiger partial charge on any atom is -0.494 e. The molecule has 24 heavy (non-hydrogen) atoms. The molecule has 3 rings (SSSR count). The molecule has 1 aromatic heterocycles. The molecule has 0 spiro atoms. The van der Waals surface area contributed by atoms with Crippen LogP contribution >= 0.6 is 0 Å². The molecule has 0 radical (unpaired) electrons. The zero-order valence-corrected chi connectivity index (χ0v) is 13.9. The van der Waals surface area contributed by atoms with Gasteiger partial charge in [0.25, 0.3) is 5.56 Å². The van der Waals surface area contributed by atoms with Crippen molar-refractivity contribution >= 4 is 10.9 Å². The Morgan fingerprint density at radius 1 is 1.00 bits per heavy atom. The second kappa shape index (κ2) is 7.77. The first-order valence-electron chi connectivity index (χ1n) is 8.50. The lowest BCUT2D eigenvalue weighted by Gasteiger charge is -2.07. The molecule has 0 amide bonds. The second-order valence-electron chi connectivity index (χ2n) is 5.87. The maximum atomic E-state index is 12.1. The fraction of sp³-hybridized carbons (Fsp3) is 0.300. The van der Waals surface area contributed by atoms with Crippen molar-refractivity contribution in [3.63, 3.8) is 0 Å². The average molecular weight is 322 g/mol. The van der Waals surface area contributed by atoms with Gasteiger partial charge < -0.3 is 9.72 Å². The third-order valence-corrected chi connectivity index (χ3v) is 4.01. The van der Waals surface area contributed by atoms with Crippen molar-refractivity contribution in [3.8, 4) is 17.1 Å². The molecule has 0 bridgehead atoms. The number of hydrogen-bond donors (Lipinski definition) is 1. The van der Waals surface area contributed by atoms with Crippen LogP contribution in [0.1, 0.15) is 32.6 Å². The lowest BCUT2D eigenvalue weighted by atomic mass is 10.2. The van der Waals surface area contributed by atoms with E-state index in [1.54, 1.807) is 6.07 Å². The fourth-order valence-corrected chi connectivity index (χ4v) is 2.65. The number of ether oxygens (including phenoxy) is 1. The Hall–Kier alpha value is -2.62. The Balaban J connectivity index is 1.73. The highest BCUT2D eigenvalue weighted by molar-refractivity contribution is 5.79. The molecule has 0 saturated carbocycles. The summed E-state index contributed by atoms with van der Waals surface area (Å²) in [7, 11) is 0. The summed E-state index contributed by atoms with van der Waals surface area (Å²) in [4.78, 5) is 19.5. The van der Waals surface area contributed by atoms with E-state index in [1.807, 2.05) is 42.5 Å². The number of H-pyrrole nitrogens is 1. The van der Waals surface area contributed by atoms with Gasteiger partial charge in [-0.25, -0.2) is 4.98 Å². The van der Waals surface area contributed by atoms with Crippen LogP contribution in [0.2, 0.25) is 0 Å². The Bertz CT molecular complexity index is 853. The van der Waals surface area contributed by atoms with Crippen LogP contribution in [-0.4, -0.2) is 16.6 Å². The van der Waals surface area contributed by atoms with Crippen molar-refractivity contribution in [1.29, 1.82) is 0 Å². The summed E-state index contributed by atoms with van der Waals surface area (Å²) >= 11 is 0. The van der Waals surface area contributed by atoms with Crippen molar-refractivity contribution in [1.82, 2.24) is 9.97 Å². The van der Waals surface area contributed by atoms with Crippen LogP contribution in [0.5, 0.6) is 5.75 Å². The average Bonchev–Trinajstić information content (AvgIpc) is 2.62. The fourth-order valence-electron chi connectivity index (χ4n) is 2.65. The van der Waals surface area contributed by atoms with E-state index in [4.69, 9.17) is 4.74 Å². The molecule has 0 aliphatic carbocycles. The van der Waals surface area contributed by atoms with E-state index in [0.29, 0.717) is 16.7 Å². The van der Waals surface area contributed by atoms with E-state index < -0.39 is 0 Å². The molecule has 0 saturated heterocycles. The van der Waals surface area contributed by atoms with E-state index in [2.05, 4.69) is 16.9 Å². The van der Waals surface area contributed by atoms with Gasteiger partial charge in [-0.3, -0.25) is 4.79 Å². The molecule has 4 heteroatoms. The predicted octanol–water partition coefficient (Wildman–Crippen LogP) is 4.55. The van der Waals surface area contributed by atoms with Crippen LogP contribution in [0.15, 0.2) is 53.3 Å². The largest absolute Gasteiger partial charge is 0.494 e. The molecule has 0 aliphatic rings. The van der Waals surface area contributed by atoms with Gasteiger partial charge >= 0.3 is 0 Å². The van der Waals surface area contributed by atoms with Gasteiger partial charge in [-0.05, 0) is 42.8 Å². The molecule has 1 heterocycles. The van der Waals surface area contributed by atoms with Crippen LogP contribution in [0, 0.1) is 0 Å². The molecule has 0 atom stereocenters. The molecular formula is C20H22N2O2. The quantitative estimate of drug-likeness (QED) is 0.649. The van der Waals surface area contributed by atoms with Crippen LogP contribution < -0.4 is 10.3 Å².